The van der Waals surface area contributed by atoms with Crippen LogP contribution in [0.2, 0.25) is 0 Å². The summed E-state index contributed by atoms with van der Waals surface area (Å²) in [6, 6.07) is 13.6. The molecule has 0 atom stereocenters. The van der Waals surface area contributed by atoms with Gasteiger partial charge in [0.2, 0.25) is 0 Å². The SMILES string of the molecule is Oc1cccc(/C=N/c2ccccc2O)c1. The summed E-state index contributed by atoms with van der Waals surface area (Å²) in [5.74, 6) is 0.333. The van der Waals surface area contributed by atoms with E-state index in [-0.39, 0.29) is 11.5 Å². The van der Waals surface area contributed by atoms with Gasteiger partial charge in [-0.3, -0.25) is 4.99 Å². The summed E-state index contributed by atoms with van der Waals surface area (Å²) in [6.45, 7) is 0. The second-order valence-electron chi connectivity index (χ2n) is 3.34. The lowest BCUT2D eigenvalue weighted by Crippen LogP contribution is -1.79. The minimum absolute atomic E-state index is 0.138. The van der Waals surface area contributed by atoms with Gasteiger partial charge in [0, 0.05) is 6.21 Å². The van der Waals surface area contributed by atoms with Crippen molar-refractivity contribution in [3.8, 4) is 11.5 Å². The smallest absolute Gasteiger partial charge is 0.141 e. The molecule has 0 bridgehead atoms. The molecule has 2 aromatic carbocycles. The van der Waals surface area contributed by atoms with Gasteiger partial charge in [-0.1, -0.05) is 24.3 Å². The fourth-order valence-electron chi connectivity index (χ4n) is 1.32. The van der Waals surface area contributed by atoms with E-state index in [9.17, 15) is 10.2 Å². The molecule has 0 unspecified atom stereocenters. The average Bonchev–Trinajstić information content (AvgIpc) is 2.28. The fraction of sp³-hybridized carbons (Fsp3) is 0. The second kappa shape index (κ2) is 4.49. The molecule has 0 aliphatic carbocycles. The van der Waals surface area contributed by atoms with Gasteiger partial charge in [-0.05, 0) is 29.8 Å². The summed E-state index contributed by atoms with van der Waals surface area (Å²) in [6.07, 6.45) is 1.59. The third-order valence-electron chi connectivity index (χ3n) is 2.10. The summed E-state index contributed by atoms with van der Waals surface area (Å²) >= 11 is 0. The zero-order valence-corrected chi connectivity index (χ0v) is 8.54. The summed E-state index contributed by atoms with van der Waals surface area (Å²) in [4.78, 5) is 4.13. The van der Waals surface area contributed by atoms with Gasteiger partial charge in [-0.25, -0.2) is 0 Å². The standard InChI is InChI=1S/C13H11NO2/c15-11-5-3-4-10(8-11)9-14-12-6-1-2-7-13(12)16/h1-9,15-16H/b14-9+. The topological polar surface area (TPSA) is 52.8 Å². The Bertz CT molecular complexity index is 521. The first-order valence-corrected chi connectivity index (χ1v) is 4.87. The molecule has 0 fully saturated rings. The van der Waals surface area contributed by atoms with Crippen LogP contribution in [0.5, 0.6) is 11.5 Å². The van der Waals surface area contributed by atoms with Crippen molar-refractivity contribution in [2.75, 3.05) is 0 Å². The molecular formula is C13H11NO2. The van der Waals surface area contributed by atoms with Crippen LogP contribution in [0.1, 0.15) is 5.56 Å². The van der Waals surface area contributed by atoms with Crippen LogP contribution >= 0.6 is 0 Å². The number of nitrogens with zero attached hydrogens (tertiary/aromatic N) is 1. The van der Waals surface area contributed by atoms with Crippen molar-refractivity contribution in [2.45, 2.75) is 0 Å². The van der Waals surface area contributed by atoms with Crippen LogP contribution in [-0.2, 0) is 0 Å². The molecular weight excluding hydrogens is 202 g/mol. The molecule has 3 nitrogen and oxygen atoms in total. The van der Waals surface area contributed by atoms with Crippen molar-refractivity contribution in [3.05, 3.63) is 54.1 Å². The zero-order chi connectivity index (χ0) is 11.4. The molecule has 16 heavy (non-hydrogen) atoms. The normalized spacial score (nSPS) is 10.8. The van der Waals surface area contributed by atoms with Crippen LogP contribution in [0, 0.1) is 0 Å². The van der Waals surface area contributed by atoms with Gasteiger partial charge < -0.3 is 10.2 Å². The highest BCUT2D eigenvalue weighted by Gasteiger charge is 1.95. The number of hydrogen-bond acceptors (Lipinski definition) is 3. The van der Waals surface area contributed by atoms with Gasteiger partial charge in [-0.2, -0.15) is 0 Å². The zero-order valence-electron chi connectivity index (χ0n) is 8.54. The molecule has 2 N–H and O–H groups in total. The van der Waals surface area contributed by atoms with Crippen LogP contribution in [0.15, 0.2) is 53.5 Å². The van der Waals surface area contributed by atoms with E-state index in [0.717, 1.165) is 5.56 Å². The minimum Gasteiger partial charge on any atom is -0.508 e. The van der Waals surface area contributed by atoms with Gasteiger partial charge in [-0.15, -0.1) is 0 Å². The molecule has 0 aliphatic heterocycles. The van der Waals surface area contributed by atoms with Crippen molar-refractivity contribution in [1.29, 1.82) is 0 Å². The highest BCUT2D eigenvalue weighted by atomic mass is 16.3. The number of aromatic hydroxyl groups is 2. The number of aliphatic imine (C=N–C) groups is 1. The van der Waals surface area contributed by atoms with Crippen molar-refractivity contribution in [2.24, 2.45) is 4.99 Å². The Morgan fingerprint density at radius 3 is 2.50 bits per heavy atom. The van der Waals surface area contributed by atoms with Crippen LogP contribution in [0.4, 0.5) is 5.69 Å². The minimum atomic E-state index is 0.138. The highest BCUT2D eigenvalue weighted by Crippen LogP contribution is 2.24. The summed E-state index contributed by atoms with van der Waals surface area (Å²) in [5, 5.41) is 18.7. The summed E-state index contributed by atoms with van der Waals surface area (Å²) in [5.41, 5.74) is 1.29. The van der Waals surface area contributed by atoms with Gasteiger partial charge in [0.25, 0.3) is 0 Å². The van der Waals surface area contributed by atoms with E-state index >= 15 is 0 Å². The van der Waals surface area contributed by atoms with Crippen LogP contribution in [0.25, 0.3) is 0 Å². The van der Waals surface area contributed by atoms with Crippen molar-refractivity contribution in [1.82, 2.24) is 0 Å². The maximum Gasteiger partial charge on any atom is 0.141 e. The number of phenols is 2. The molecule has 2 aromatic rings. The van der Waals surface area contributed by atoms with Gasteiger partial charge in [0.15, 0.2) is 0 Å². The van der Waals surface area contributed by atoms with E-state index in [1.54, 1.807) is 48.7 Å². The molecule has 80 valence electrons. The Labute approximate surface area is 93.3 Å². The monoisotopic (exact) mass is 213 g/mol. The average molecular weight is 213 g/mol. The van der Waals surface area contributed by atoms with Gasteiger partial charge >= 0.3 is 0 Å². The van der Waals surface area contributed by atoms with E-state index in [0.29, 0.717) is 5.69 Å². The first-order chi connectivity index (χ1) is 7.75. The van der Waals surface area contributed by atoms with E-state index in [1.165, 1.54) is 0 Å². The predicted octanol–water partition coefficient (Wildman–Crippen LogP) is 2.85. The predicted molar refractivity (Wildman–Crippen MR) is 63.5 cm³/mol. The van der Waals surface area contributed by atoms with E-state index in [1.807, 2.05) is 6.07 Å². The number of para-hydroxylation sites is 2. The maximum atomic E-state index is 9.48. The van der Waals surface area contributed by atoms with Crippen molar-refractivity contribution < 1.29 is 10.2 Å². The molecule has 0 amide bonds. The van der Waals surface area contributed by atoms with Crippen molar-refractivity contribution in [3.63, 3.8) is 0 Å². The third-order valence-corrected chi connectivity index (χ3v) is 2.10. The lowest BCUT2D eigenvalue weighted by atomic mass is 10.2. The number of hydrogen-bond donors (Lipinski definition) is 2. The molecule has 0 radical (unpaired) electrons. The molecule has 0 heterocycles. The molecule has 0 spiro atoms. The van der Waals surface area contributed by atoms with Crippen LogP contribution in [-0.4, -0.2) is 16.4 Å². The van der Waals surface area contributed by atoms with E-state index < -0.39 is 0 Å². The molecule has 0 aliphatic rings. The quantitative estimate of drug-likeness (QED) is 0.753. The largest absolute Gasteiger partial charge is 0.508 e. The second-order valence-corrected chi connectivity index (χ2v) is 3.34. The Balaban J connectivity index is 2.25. The molecule has 2 rings (SSSR count). The van der Waals surface area contributed by atoms with Crippen LogP contribution < -0.4 is 0 Å². The Kier molecular flexibility index (Phi) is 2.87. The molecule has 0 aromatic heterocycles. The first-order valence-electron chi connectivity index (χ1n) is 4.87. The third kappa shape index (κ3) is 2.39. The van der Waals surface area contributed by atoms with Crippen molar-refractivity contribution >= 4 is 11.9 Å². The number of phenolic OH excluding ortho intramolecular Hbond substituents is 2. The van der Waals surface area contributed by atoms with Gasteiger partial charge in [0.1, 0.15) is 17.2 Å². The van der Waals surface area contributed by atoms with Gasteiger partial charge in [0.05, 0.1) is 0 Å². The Morgan fingerprint density at radius 2 is 1.75 bits per heavy atom. The number of benzene rings is 2. The maximum absolute atomic E-state index is 9.48. The fourth-order valence-corrected chi connectivity index (χ4v) is 1.32. The lowest BCUT2D eigenvalue weighted by molar-refractivity contribution is 0.475. The van der Waals surface area contributed by atoms with Crippen LogP contribution in [0.3, 0.4) is 0 Å². The highest BCUT2D eigenvalue weighted by molar-refractivity contribution is 5.83. The molecule has 0 saturated heterocycles. The number of rotatable bonds is 2. The summed E-state index contributed by atoms with van der Waals surface area (Å²) in [7, 11) is 0. The molecule has 3 heteroatoms. The van der Waals surface area contributed by atoms with E-state index in [4.69, 9.17) is 0 Å². The van der Waals surface area contributed by atoms with E-state index in [2.05, 4.69) is 4.99 Å². The Morgan fingerprint density at radius 1 is 0.938 bits per heavy atom. The Hall–Kier alpha value is -2.29. The lowest BCUT2D eigenvalue weighted by Gasteiger charge is -1.97. The molecule has 0 saturated carbocycles. The summed E-state index contributed by atoms with van der Waals surface area (Å²) < 4.78 is 0. The first kappa shape index (κ1) is 10.2.